The van der Waals surface area contributed by atoms with E-state index in [1.54, 1.807) is 4.90 Å². The summed E-state index contributed by atoms with van der Waals surface area (Å²) < 4.78 is 26.2. The number of oxime groups is 1. The van der Waals surface area contributed by atoms with Gasteiger partial charge in [0.05, 0.1) is 0 Å². The average Bonchev–Trinajstić information content (AvgIpc) is 2.46. The van der Waals surface area contributed by atoms with Crippen LogP contribution in [0.4, 0.5) is 8.78 Å². The Kier molecular flexibility index (Phi) is 4.45. The molecule has 0 aromatic rings. The van der Waals surface area contributed by atoms with Crippen LogP contribution in [0.1, 0.15) is 38.5 Å². The summed E-state index contributed by atoms with van der Waals surface area (Å²) in [5, 5.41) is 11.7. The second-order valence-electron chi connectivity index (χ2n) is 5.78. The SMILES string of the molecule is NC(=NO)C1CCCN(C(=O)C2CCC(F)(F)CC2)C1. The number of rotatable bonds is 2. The van der Waals surface area contributed by atoms with Gasteiger partial charge in [0, 0.05) is 37.8 Å². The van der Waals surface area contributed by atoms with Crippen LogP contribution in [-0.4, -0.2) is 40.9 Å². The van der Waals surface area contributed by atoms with Crippen molar-refractivity contribution in [3.05, 3.63) is 0 Å². The monoisotopic (exact) mass is 289 g/mol. The summed E-state index contributed by atoms with van der Waals surface area (Å²) >= 11 is 0. The van der Waals surface area contributed by atoms with Crippen LogP contribution in [0.5, 0.6) is 0 Å². The van der Waals surface area contributed by atoms with Gasteiger partial charge in [-0.25, -0.2) is 8.78 Å². The van der Waals surface area contributed by atoms with Gasteiger partial charge in [-0.15, -0.1) is 0 Å². The van der Waals surface area contributed by atoms with Gasteiger partial charge in [-0.1, -0.05) is 5.16 Å². The fourth-order valence-corrected chi connectivity index (χ4v) is 3.05. The maximum atomic E-state index is 13.1. The smallest absolute Gasteiger partial charge is 0.248 e. The molecule has 1 heterocycles. The van der Waals surface area contributed by atoms with Crippen molar-refractivity contribution in [3.8, 4) is 0 Å². The molecule has 1 saturated heterocycles. The van der Waals surface area contributed by atoms with Crippen molar-refractivity contribution in [1.82, 2.24) is 4.90 Å². The molecule has 1 aliphatic heterocycles. The Morgan fingerprint density at radius 2 is 1.90 bits per heavy atom. The van der Waals surface area contributed by atoms with E-state index in [-0.39, 0.29) is 49.3 Å². The number of amidine groups is 1. The van der Waals surface area contributed by atoms with Gasteiger partial charge in [0.2, 0.25) is 11.8 Å². The van der Waals surface area contributed by atoms with E-state index in [1.807, 2.05) is 0 Å². The molecule has 2 rings (SSSR count). The van der Waals surface area contributed by atoms with E-state index in [2.05, 4.69) is 5.16 Å². The first-order valence-corrected chi connectivity index (χ1v) is 7.07. The van der Waals surface area contributed by atoms with Gasteiger partial charge in [0.1, 0.15) is 5.84 Å². The first-order chi connectivity index (χ1) is 9.43. The number of amides is 1. The molecule has 0 radical (unpaired) electrons. The number of nitrogens with zero attached hydrogens (tertiary/aromatic N) is 2. The Bertz CT molecular complexity index is 391. The maximum Gasteiger partial charge on any atom is 0.248 e. The van der Waals surface area contributed by atoms with Crippen molar-refractivity contribution in [1.29, 1.82) is 0 Å². The predicted octanol–water partition coefficient (Wildman–Crippen LogP) is 1.80. The highest BCUT2D eigenvalue weighted by atomic mass is 19.3. The summed E-state index contributed by atoms with van der Waals surface area (Å²) in [5.74, 6) is -2.98. The standard InChI is InChI=1S/C13H21F2N3O2/c14-13(15)5-3-9(4-6-13)12(19)18-7-1-2-10(8-18)11(16)17-20/h9-10,20H,1-8H2,(H2,16,17). The van der Waals surface area contributed by atoms with Gasteiger partial charge in [0.25, 0.3) is 0 Å². The zero-order valence-corrected chi connectivity index (χ0v) is 11.4. The lowest BCUT2D eigenvalue weighted by Crippen LogP contribution is -2.47. The number of likely N-dealkylation sites (tertiary alicyclic amines) is 1. The lowest BCUT2D eigenvalue weighted by molar-refractivity contribution is -0.141. The molecule has 5 nitrogen and oxygen atoms in total. The summed E-state index contributed by atoms with van der Waals surface area (Å²) in [7, 11) is 0. The number of halogens is 2. The summed E-state index contributed by atoms with van der Waals surface area (Å²) in [5.41, 5.74) is 5.59. The summed E-state index contributed by atoms with van der Waals surface area (Å²) in [6, 6.07) is 0. The minimum Gasteiger partial charge on any atom is -0.409 e. The molecule has 2 aliphatic rings. The molecule has 1 aliphatic carbocycles. The molecular weight excluding hydrogens is 268 g/mol. The molecule has 2 fully saturated rings. The third kappa shape index (κ3) is 3.37. The Balaban J connectivity index is 1.92. The molecule has 0 aromatic heterocycles. The highest BCUT2D eigenvalue weighted by Gasteiger charge is 2.39. The van der Waals surface area contributed by atoms with Crippen LogP contribution in [0.3, 0.4) is 0 Å². The molecule has 114 valence electrons. The van der Waals surface area contributed by atoms with Gasteiger partial charge >= 0.3 is 0 Å². The lowest BCUT2D eigenvalue weighted by atomic mass is 9.85. The van der Waals surface area contributed by atoms with Crippen LogP contribution < -0.4 is 5.73 Å². The highest BCUT2D eigenvalue weighted by molar-refractivity contribution is 5.84. The number of carbonyl (C=O) groups is 1. The van der Waals surface area contributed by atoms with Crippen LogP contribution in [0, 0.1) is 11.8 Å². The Morgan fingerprint density at radius 1 is 1.25 bits per heavy atom. The molecule has 0 aromatic carbocycles. The van der Waals surface area contributed by atoms with Crippen LogP contribution in [0.2, 0.25) is 0 Å². The second kappa shape index (κ2) is 5.93. The molecule has 1 unspecified atom stereocenters. The van der Waals surface area contributed by atoms with Gasteiger partial charge < -0.3 is 15.8 Å². The van der Waals surface area contributed by atoms with Crippen molar-refractivity contribution in [2.75, 3.05) is 13.1 Å². The maximum absolute atomic E-state index is 13.1. The van der Waals surface area contributed by atoms with Crippen LogP contribution in [-0.2, 0) is 4.79 Å². The Labute approximate surface area is 116 Å². The highest BCUT2D eigenvalue weighted by Crippen LogP contribution is 2.37. The molecule has 1 atom stereocenters. The van der Waals surface area contributed by atoms with Crippen molar-refractivity contribution in [3.63, 3.8) is 0 Å². The van der Waals surface area contributed by atoms with Crippen LogP contribution in [0.15, 0.2) is 5.16 Å². The summed E-state index contributed by atoms with van der Waals surface area (Å²) in [4.78, 5) is 14.0. The quantitative estimate of drug-likeness (QED) is 0.352. The Hall–Kier alpha value is -1.40. The van der Waals surface area contributed by atoms with E-state index in [4.69, 9.17) is 10.9 Å². The van der Waals surface area contributed by atoms with E-state index >= 15 is 0 Å². The lowest BCUT2D eigenvalue weighted by Gasteiger charge is -2.36. The van der Waals surface area contributed by atoms with E-state index in [9.17, 15) is 13.6 Å². The molecule has 1 saturated carbocycles. The van der Waals surface area contributed by atoms with Gasteiger partial charge in [-0.2, -0.15) is 0 Å². The molecule has 1 amide bonds. The largest absolute Gasteiger partial charge is 0.409 e. The summed E-state index contributed by atoms with van der Waals surface area (Å²) in [6.07, 6.45) is 1.65. The topological polar surface area (TPSA) is 78.9 Å². The first-order valence-electron chi connectivity index (χ1n) is 7.07. The van der Waals surface area contributed by atoms with Crippen molar-refractivity contribution >= 4 is 11.7 Å². The third-order valence-corrected chi connectivity index (χ3v) is 4.33. The number of hydrogen-bond acceptors (Lipinski definition) is 3. The summed E-state index contributed by atoms with van der Waals surface area (Å²) in [6.45, 7) is 1.04. The molecule has 0 bridgehead atoms. The zero-order valence-electron chi connectivity index (χ0n) is 11.4. The van der Waals surface area contributed by atoms with Gasteiger partial charge in [-0.3, -0.25) is 4.79 Å². The van der Waals surface area contributed by atoms with E-state index in [1.165, 1.54) is 0 Å². The second-order valence-corrected chi connectivity index (χ2v) is 5.78. The molecule has 7 heteroatoms. The first kappa shape index (κ1) is 15.0. The minimum atomic E-state index is -2.62. The molecule has 20 heavy (non-hydrogen) atoms. The van der Waals surface area contributed by atoms with Crippen molar-refractivity contribution in [2.45, 2.75) is 44.4 Å². The molecule has 3 N–H and O–H groups in total. The number of carbonyl (C=O) groups excluding carboxylic acids is 1. The van der Waals surface area contributed by atoms with Crippen molar-refractivity contribution in [2.24, 2.45) is 22.7 Å². The van der Waals surface area contributed by atoms with Crippen LogP contribution in [0.25, 0.3) is 0 Å². The fourth-order valence-electron chi connectivity index (χ4n) is 3.05. The van der Waals surface area contributed by atoms with E-state index < -0.39 is 5.92 Å². The van der Waals surface area contributed by atoms with E-state index in [0.717, 1.165) is 12.8 Å². The van der Waals surface area contributed by atoms with Crippen molar-refractivity contribution < 1.29 is 18.8 Å². The third-order valence-electron chi connectivity index (χ3n) is 4.33. The van der Waals surface area contributed by atoms with E-state index in [0.29, 0.717) is 13.1 Å². The molecular formula is C13H21F2N3O2. The number of alkyl halides is 2. The predicted molar refractivity (Wildman–Crippen MR) is 69.6 cm³/mol. The minimum absolute atomic E-state index is 0.0593. The number of piperidine rings is 1. The number of nitrogens with two attached hydrogens (primary N) is 1. The molecule has 0 spiro atoms. The normalized spacial score (nSPS) is 28.4. The Morgan fingerprint density at radius 3 is 2.50 bits per heavy atom. The fraction of sp³-hybridized carbons (Fsp3) is 0.846. The van der Waals surface area contributed by atoms with Gasteiger partial charge in [0.15, 0.2) is 0 Å². The van der Waals surface area contributed by atoms with Gasteiger partial charge in [-0.05, 0) is 25.7 Å². The van der Waals surface area contributed by atoms with Crippen LogP contribution >= 0.6 is 0 Å². The zero-order chi connectivity index (χ0) is 14.8. The average molecular weight is 289 g/mol. The number of hydrogen-bond donors (Lipinski definition) is 2.